The lowest BCUT2D eigenvalue weighted by atomic mass is 10.2. The molecular formula is C13H8BrF2NO2. The number of anilines is 1. The molecule has 2 N–H and O–H groups in total. The Morgan fingerprint density at radius 2 is 1.84 bits per heavy atom. The van der Waals surface area contributed by atoms with Crippen LogP contribution in [0.1, 0.15) is 10.4 Å². The fourth-order valence-corrected chi connectivity index (χ4v) is 1.82. The third-order valence-corrected chi connectivity index (χ3v) is 2.87. The minimum absolute atomic E-state index is 0.125. The normalized spacial score (nSPS) is 10.3. The van der Waals surface area contributed by atoms with Crippen molar-refractivity contribution in [2.75, 3.05) is 5.32 Å². The molecule has 2 aromatic carbocycles. The average Bonchev–Trinajstić information content (AvgIpc) is 2.36. The number of hydrogen-bond acceptors (Lipinski definition) is 2. The molecule has 1 amide bonds. The first-order valence-corrected chi connectivity index (χ1v) is 6.01. The number of phenols is 1. The van der Waals surface area contributed by atoms with Gasteiger partial charge < -0.3 is 10.4 Å². The van der Waals surface area contributed by atoms with Gasteiger partial charge >= 0.3 is 0 Å². The van der Waals surface area contributed by atoms with Crippen LogP contribution in [0.5, 0.6) is 5.75 Å². The summed E-state index contributed by atoms with van der Waals surface area (Å²) in [7, 11) is 0. The number of phenolic OH excluding ortho intramolecular Hbond substituents is 1. The molecule has 0 heterocycles. The largest absolute Gasteiger partial charge is 0.505 e. The molecule has 98 valence electrons. The highest BCUT2D eigenvalue weighted by atomic mass is 79.9. The third-order valence-electron chi connectivity index (χ3n) is 2.38. The van der Waals surface area contributed by atoms with Crippen LogP contribution in [0.15, 0.2) is 40.9 Å². The fourth-order valence-electron chi connectivity index (χ4n) is 1.45. The Kier molecular flexibility index (Phi) is 3.80. The van der Waals surface area contributed by atoms with E-state index in [0.717, 1.165) is 18.2 Å². The number of hydrogen-bond donors (Lipinski definition) is 2. The van der Waals surface area contributed by atoms with Gasteiger partial charge in [0, 0.05) is 16.2 Å². The summed E-state index contributed by atoms with van der Waals surface area (Å²) >= 11 is 3.13. The van der Waals surface area contributed by atoms with Crippen LogP contribution >= 0.6 is 15.9 Å². The Hall–Kier alpha value is -1.95. The number of aromatic hydroxyl groups is 1. The smallest absolute Gasteiger partial charge is 0.258 e. The van der Waals surface area contributed by atoms with E-state index in [0.29, 0.717) is 4.47 Å². The number of carbonyl (C=O) groups excluding carboxylic acids is 1. The molecule has 3 nitrogen and oxygen atoms in total. The van der Waals surface area contributed by atoms with Crippen LogP contribution in [-0.4, -0.2) is 11.0 Å². The Labute approximate surface area is 116 Å². The molecule has 2 rings (SSSR count). The van der Waals surface area contributed by atoms with Crippen LogP contribution in [0.2, 0.25) is 0 Å². The predicted octanol–water partition coefficient (Wildman–Crippen LogP) is 3.69. The molecule has 0 fully saturated rings. The van der Waals surface area contributed by atoms with Gasteiger partial charge in [0.1, 0.15) is 5.82 Å². The van der Waals surface area contributed by atoms with Crippen LogP contribution in [0.4, 0.5) is 14.5 Å². The quantitative estimate of drug-likeness (QED) is 0.826. The summed E-state index contributed by atoms with van der Waals surface area (Å²) in [5.74, 6) is -2.78. The van der Waals surface area contributed by atoms with Crippen molar-refractivity contribution >= 4 is 27.5 Å². The van der Waals surface area contributed by atoms with E-state index in [1.165, 1.54) is 18.2 Å². The highest BCUT2D eigenvalue weighted by Gasteiger charge is 2.13. The predicted molar refractivity (Wildman–Crippen MR) is 70.1 cm³/mol. The molecule has 0 bridgehead atoms. The summed E-state index contributed by atoms with van der Waals surface area (Å²) in [6.45, 7) is 0. The third kappa shape index (κ3) is 3.08. The number of halogens is 3. The summed E-state index contributed by atoms with van der Waals surface area (Å²) in [5, 5.41) is 11.4. The summed E-state index contributed by atoms with van der Waals surface area (Å²) in [6.07, 6.45) is 0. The molecule has 6 heteroatoms. The fraction of sp³-hybridized carbons (Fsp3) is 0. The molecule has 0 saturated carbocycles. The van der Waals surface area contributed by atoms with Crippen molar-refractivity contribution in [2.45, 2.75) is 0 Å². The molecule has 0 aliphatic carbocycles. The van der Waals surface area contributed by atoms with Crippen LogP contribution in [0.3, 0.4) is 0 Å². The van der Waals surface area contributed by atoms with Gasteiger partial charge in [0.15, 0.2) is 11.6 Å². The van der Waals surface area contributed by atoms with Gasteiger partial charge in [-0.2, -0.15) is 0 Å². The van der Waals surface area contributed by atoms with E-state index in [2.05, 4.69) is 21.2 Å². The summed E-state index contributed by atoms with van der Waals surface area (Å²) in [6, 6.07) is 7.29. The van der Waals surface area contributed by atoms with Crippen LogP contribution in [0.25, 0.3) is 0 Å². The van der Waals surface area contributed by atoms with Gasteiger partial charge in [-0.3, -0.25) is 4.79 Å². The van der Waals surface area contributed by atoms with Crippen molar-refractivity contribution in [3.05, 3.63) is 58.1 Å². The minimum atomic E-state index is -0.868. The van der Waals surface area contributed by atoms with Gasteiger partial charge in [0.25, 0.3) is 5.91 Å². The monoisotopic (exact) mass is 327 g/mol. The SMILES string of the molecule is O=C(Nc1ccc(O)c(F)c1)c1cc(Br)ccc1F. The maximum absolute atomic E-state index is 13.5. The second-order valence-corrected chi connectivity index (χ2v) is 4.66. The summed E-state index contributed by atoms with van der Waals surface area (Å²) in [4.78, 5) is 11.8. The van der Waals surface area contributed by atoms with Gasteiger partial charge in [0.05, 0.1) is 5.56 Å². The molecule has 2 aromatic rings. The molecule has 19 heavy (non-hydrogen) atoms. The topological polar surface area (TPSA) is 49.3 Å². The molecule has 0 saturated heterocycles. The Bertz CT molecular complexity index is 647. The molecule has 0 aliphatic rings. The molecule has 0 radical (unpaired) electrons. The molecular weight excluding hydrogens is 320 g/mol. The first-order chi connectivity index (χ1) is 8.97. The maximum atomic E-state index is 13.5. The van der Waals surface area contributed by atoms with Crippen LogP contribution in [0, 0.1) is 11.6 Å². The van der Waals surface area contributed by atoms with Gasteiger partial charge in [-0.05, 0) is 30.3 Å². The molecule has 0 aliphatic heterocycles. The Morgan fingerprint density at radius 3 is 2.53 bits per heavy atom. The van der Waals surface area contributed by atoms with E-state index in [1.807, 2.05) is 0 Å². The zero-order chi connectivity index (χ0) is 14.0. The second-order valence-electron chi connectivity index (χ2n) is 3.74. The van der Waals surface area contributed by atoms with Crippen molar-refractivity contribution < 1.29 is 18.7 Å². The van der Waals surface area contributed by atoms with E-state index < -0.39 is 23.3 Å². The van der Waals surface area contributed by atoms with E-state index in [-0.39, 0.29) is 11.3 Å². The van der Waals surface area contributed by atoms with Gasteiger partial charge in [-0.25, -0.2) is 8.78 Å². The van der Waals surface area contributed by atoms with Gasteiger partial charge in [-0.1, -0.05) is 15.9 Å². The van der Waals surface area contributed by atoms with Crippen molar-refractivity contribution in [3.8, 4) is 5.75 Å². The Morgan fingerprint density at radius 1 is 1.11 bits per heavy atom. The van der Waals surface area contributed by atoms with E-state index in [9.17, 15) is 13.6 Å². The number of benzene rings is 2. The van der Waals surface area contributed by atoms with E-state index in [4.69, 9.17) is 5.11 Å². The van der Waals surface area contributed by atoms with Crippen LogP contribution < -0.4 is 5.32 Å². The lowest BCUT2D eigenvalue weighted by Gasteiger charge is -2.07. The average molecular weight is 328 g/mol. The molecule has 0 spiro atoms. The summed E-state index contributed by atoms with van der Waals surface area (Å²) in [5.41, 5.74) is -0.0393. The molecule has 0 unspecified atom stereocenters. The van der Waals surface area contributed by atoms with Gasteiger partial charge in [-0.15, -0.1) is 0 Å². The first-order valence-electron chi connectivity index (χ1n) is 5.22. The molecule has 0 atom stereocenters. The van der Waals surface area contributed by atoms with Crippen molar-refractivity contribution in [3.63, 3.8) is 0 Å². The highest BCUT2D eigenvalue weighted by molar-refractivity contribution is 9.10. The van der Waals surface area contributed by atoms with Gasteiger partial charge in [0.2, 0.25) is 0 Å². The van der Waals surface area contributed by atoms with Crippen molar-refractivity contribution in [2.24, 2.45) is 0 Å². The van der Waals surface area contributed by atoms with Crippen molar-refractivity contribution in [1.82, 2.24) is 0 Å². The second kappa shape index (κ2) is 5.36. The summed E-state index contributed by atoms with van der Waals surface area (Å²) < 4.78 is 27.1. The zero-order valence-corrected chi connectivity index (χ0v) is 11.0. The lowest BCUT2D eigenvalue weighted by Crippen LogP contribution is -2.13. The maximum Gasteiger partial charge on any atom is 0.258 e. The number of nitrogens with one attached hydrogen (secondary N) is 1. The Balaban J connectivity index is 2.25. The van der Waals surface area contributed by atoms with Crippen LogP contribution in [-0.2, 0) is 0 Å². The number of amides is 1. The lowest BCUT2D eigenvalue weighted by molar-refractivity contribution is 0.102. The number of rotatable bonds is 2. The minimum Gasteiger partial charge on any atom is -0.505 e. The van der Waals surface area contributed by atoms with Crippen molar-refractivity contribution in [1.29, 1.82) is 0 Å². The molecule has 0 aromatic heterocycles. The first kappa shape index (κ1) is 13.5. The van der Waals surface area contributed by atoms with E-state index in [1.54, 1.807) is 0 Å². The van der Waals surface area contributed by atoms with E-state index >= 15 is 0 Å². The zero-order valence-electron chi connectivity index (χ0n) is 9.45. The standard InChI is InChI=1S/C13H8BrF2NO2/c14-7-1-3-10(15)9(5-7)13(19)17-8-2-4-12(18)11(16)6-8/h1-6,18H,(H,17,19). The number of carbonyl (C=O) groups is 1. The highest BCUT2D eigenvalue weighted by Crippen LogP contribution is 2.21.